The van der Waals surface area contributed by atoms with Gasteiger partial charge in [-0.3, -0.25) is 14.7 Å². The van der Waals surface area contributed by atoms with E-state index in [1.807, 2.05) is 12.3 Å². The lowest BCUT2D eigenvalue weighted by Gasteiger charge is -2.43. The zero-order valence-electron chi connectivity index (χ0n) is 15.8. The molecule has 25 heavy (non-hydrogen) atoms. The average molecular weight is 345 g/mol. The summed E-state index contributed by atoms with van der Waals surface area (Å²) >= 11 is 0. The highest BCUT2D eigenvalue weighted by Gasteiger charge is 2.37. The topological polar surface area (TPSA) is 57.3 Å². The van der Waals surface area contributed by atoms with Crippen LogP contribution in [0.4, 0.5) is 0 Å². The molecule has 3 rings (SSSR count). The van der Waals surface area contributed by atoms with Crippen LogP contribution in [0.15, 0.2) is 24.4 Å². The van der Waals surface area contributed by atoms with E-state index in [4.69, 9.17) is 0 Å². The van der Waals surface area contributed by atoms with Crippen LogP contribution in [0.5, 0.6) is 0 Å². The third-order valence-corrected chi connectivity index (χ3v) is 5.48. The van der Waals surface area contributed by atoms with Crippen molar-refractivity contribution in [2.45, 2.75) is 71.1 Å². The van der Waals surface area contributed by atoms with Gasteiger partial charge in [0.05, 0.1) is 5.69 Å². The molecule has 2 saturated heterocycles. The van der Waals surface area contributed by atoms with Gasteiger partial charge in [-0.25, -0.2) is 0 Å². The minimum atomic E-state index is 0.0768. The van der Waals surface area contributed by atoms with Gasteiger partial charge in [0.25, 0.3) is 0 Å². The fourth-order valence-electron chi connectivity index (χ4n) is 4.08. The number of carbonyl (C=O) groups is 1. The maximum atomic E-state index is 11.8. The van der Waals surface area contributed by atoms with Crippen molar-refractivity contribution in [1.29, 1.82) is 0 Å². The van der Waals surface area contributed by atoms with Crippen molar-refractivity contribution in [3.8, 4) is 0 Å². The number of aromatic nitrogens is 1. The van der Waals surface area contributed by atoms with Gasteiger partial charge in [-0.05, 0) is 36.8 Å². The van der Waals surface area contributed by atoms with E-state index in [9.17, 15) is 4.79 Å². The van der Waals surface area contributed by atoms with E-state index >= 15 is 0 Å². The van der Waals surface area contributed by atoms with E-state index in [-0.39, 0.29) is 17.4 Å². The predicted octanol–water partition coefficient (Wildman–Crippen LogP) is 2.33. The number of nitrogens with one attached hydrogen (secondary N) is 2. The lowest BCUT2D eigenvalue weighted by molar-refractivity contribution is -0.125. The molecule has 0 unspecified atom stereocenters. The van der Waals surface area contributed by atoms with Crippen molar-refractivity contribution in [3.05, 3.63) is 30.1 Å². The Morgan fingerprint density at radius 1 is 1.24 bits per heavy atom. The van der Waals surface area contributed by atoms with Crippen LogP contribution in [0.3, 0.4) is 0 Å². The maximum Gasteiger partial charge on any atom is 0.220 e. The van der Waals surface area contributed by atoms with Crippen LogP contribution in [-0.2, 0) is 11.3 Å². The van der Waals surface area contributed by atoms with Crippen molar-refractivity contribution >= 4 is 5.91 Å². The molecule has 0 bridgehead atoms. The minimum Gasteiger partial charge on any atom is -0.351 e. The van der Waals surface area contributed by atoms with Gasteiger partial charge in [0.1, 0.15) is 0 Å². The lowest BCUT2D eigenvalue weighted by atomic mass is 9.78. The quantitative estimate of drug-likeness (QED) is 0.880. The van der Waals surface area contributed by atoms with Crippen LogP contribution in [-0.4, -0.2) is 47.0 Å². The molecule has 1 aromatic rings. The van der Waals surface area contributed by atoms with Gasteiger partial charge < -0.3 is 10.6 Å². The summed E-state index contributed by atoms with van der Waals surface area (Å²) in [5, 5.41) is 7.08. The number of rotatable bonds is 4. The second kappa shape index (κ2) is 7.83. The molecule has 0 saturated carbocycles. The maximum absolute atomic E-state index is 11.8. The Morgan fingerprint density at radius 2 is 2.00 bits per heavy atom. The molecule has 2 fully saturated rings. The Kier molecular flexibility index (Phi) is 5.74. The summed E-state index contributed by atoms with van der Waals surface area (Å²) in [7, 11) is 0. The van der Waals surface area contributed by atoms with Gasteiger partial charge >= 0.3 is 0 Å². The van der Waals surface area contributed by atoms with Gasteiger partial charge in [-0.2, -0.15) is 0 Å². The molecule has 0 aliphatic carbocycles. The highest BCUT2D eigenvalue weighted by atomic mass is 16.1. The highest BCUT2D eigenvalue weighted by Crippen LogP contribution is 2.28. The molecule has 5 nitrogen and oxygen atoms in total. The number of hydrogen-bond donors (Lipinski definition) is 2. The second-order valence-corrected chi connectivity index (χ2v) is 8.59. The number of hydrogen-bond acceptors (Lipinski definition) is 4. The van der Waals surface area contributed by atoms with Gasteiger partial charge in [-0.15, -0.1) is 0 Å². The van der Waals surface area contributed by atoms with Crippen LogP contribution < -0.4 is 10.6 Å². The first kappa shape index (κ1) is 18.3. The van der Waals surface area contributed by atoms with Crippen molar-refractivity contribution in [2.75, 3.05) is 13.1 Å². The number of nitrogens with zero attached hydrogens (tertiary/aromatic N) is 2. The third kappa shape index (κ3) is 5.02. The van der Waals surface area contributed by atoms with E-state index < -0.39 is 0 Å². The number of amides is 1. The number of piperidine rings is 2. The van der Waals surface area contributed by atoms with E-state index in [0.29, 0.717) is 18.5 Å². The smallest absolute Gasteiger partial charge is 0.220 e. The number of carbonyl (C=O) groups excluding carboxylic acids is 1. The van der Waals surface area contributed by atoms with Gasteiger partial charge in [-0.1, -0.05) is 26.8 Å². The summed E-state index contributed by atoms with van der Waals surface area (Å²) in [5.41, 5.74) is 1.23. The molecule has 2 aliphatic heterocycles. The van der Waals surface area contributed by atoms with Crippen LogP contribution >= 0.6 is 0 Å². The Hall–Kier alpha value is -1.46. The molecule has 3 heterocycles. The summed E-state index contributed by atoms with van der Waals surface area (Å²) in [4.78, 5) is 18.7. The van der Waals surface area contributed by atoms with Gasteiger partial charge in [0.2, 0.25) is 5.91 Å². The first-order valence-corrected chi connectivity index (χ1v) is 9.59. The van der Waals surface area contributed by atoms with E-state index in [1.54, 1.807) is 0 Å². The van der Waals surface area contributed by atoms with E-state index in [2.05, 4.69) is 53.4 Å². The van der Waals surface area contributed by atoms with Gasteiger partial charge in [0, 0.05) is 50.4 Å². The number of likely N-dealkylation sites (tertiary alicyclic amines) is 1. The van der Waals surface area contributed by atoms with Crippen molar-refractivity contribution < 1.29 is 4.79 Å². The SMILES string of the molecule is CC(C)(C)[C@@H]1NC(=O)CC[C@H]1NC1CCN(Cc2ccccn2)CC1. The summed E-state index contributed by atoms with van der Waals surface area (Å²) in [6.45, 7) is 9.80. The van der Waals surface area contributed by atoms with Crippen LogP contribution in [0.1, 0.15) is 52.1 Å². The minimum absolute atomic E-state index is 0.0768. The summed E-state index contributed by atoms with van der Waals surface area (Å²) in [6, 6.07) is 7.26. The molecule has 2 atom stereocenters. The first-order valence-electron chi connectivity index (χ1n) is 9.59. The summed E-state index contributed by atoms with van der Waals surface area (Å²) in [5.74, 6) is 0.197. The van der Waals surface area contributed by atoms with Gasteiger partial charge in [0.15, 0.2) is 0 Å². The fraction of sp³-hybridized carbons (Fsp3) is 0.700. The molecule has 0 spiro atoms. The standard InChI is InChI=1S/C20H32N4O/c1-20(2,3)19-17(7-8-18(25)23-19)22-15-9-12-24(13-10-15)14-16-6-4-5-11-21-16/h4-6,11,15,17,19,22H,7-10,12-14H2,1-3H3,(H,23,25)/t17-,19-/m1/s1. The first-order chi connectivity index (χ1) is 11.9. The zero-order valence-corrected chi connectivity index (χ0v) is 15.8. The van der Waals surface area contributed by atoms with Crippen LogP contribution in [0.2, 0.25) is 0 Å². The van der Waals surface area contributed by atoms with E-state index in [1.165, 1.54) is 0 Å². The lowest BCUT2D eigenvalue weighted by Crippen LogP contribution is -2.61. The molecule has 1 amide bonds. The van der Waals surface area contributed by atoms with Crippen molar-refractivity contribution in [3.63, 3.8) is 0 Å². The fourth-order valence-corrected chi connectivity index (χ4v) is 4.08. The largest absolute Gasteiger partial charge is 0.351 e. The Bertz CT molecular complexity index is 561. The van der Waals surface area contributed by atoms with Crippen molar-refractivity contribution in [1.82, 2.24) is 20.5 Å². The molecular formula is C20H32N4O. The monoisotopic (exact) mass is 344 g/mol. The van der Waals surface area contributed by atoms with E-state index in [0.717, 1.165) is 44.6 Å². The van der Waals surface area contributed by atoms with Crippen LogP contribution in [0, 0.1) is 5.41 Å². The molecule has 2 N–H and O–H groups in total. The Labute approximate surface area is 151 Å². The predicted molar refractivity (Wildman–Crippen MR) is 100 cm³/mol. The average Bonchev–Trinajstić information content (AvgIpc) is 2.58. The third-order valence-electron chi connectivity index (χ3n) is 5.48. The van der Waals surface area contributed by atoms with Crippen LogP contribution in [0.25, 0.3) is 0 Å². The normalized spacial score (nSPS) is 26.4. The summed E-state index contributed by atoms with van der Waals surface area (Å²) in [6.07, 6.45) is 5.78. The molecule has 2 aliphatic rings. The Morgan fingerprint density at radius 3 is 2.64 bits per heavy atom. The molecule has 0 radical (unpaired) electrons. The number of pyridine rings is 1. The Balaban J connectivity index is 1.50. The summed E-state index contributed by atoms with van der Waals surface area (Å²) < 4.78 is 0. The zero-order chi connectivity index (χ0) is 17.9. The molecule has 5 heteroatoms. The molecular weight excluding hydrogens is 312 g/mol. The molecule has 0 aromatic carbocycles. The molecule has 1 aromatic heterocycles. The highest BCUT2D eigenvalue weighted by molar-refractivity contribution is 5.77. The van der Waals surface area contributed by atoms with Crippen molar-refractivity contribution in [2.24, 2.45) is 5.41 Å². The second-order valence-electron chi connectivity index (χ2n) is 8.59. The molecule has 138 valence electrons.